The number of hydrogen-bond acceptors (Lipinski definition) is 5. The molecule has 0 radical (unpaired) electrons. The van der Waals surface area contributed by atoms with Crippen LogP contribution in [0.5, 0.6) is 11.5 Å². The van der Waals surface area contributed by atoms with E-state index in [4.69, 9.17) is 15.2 Å². The Morgan fingerprint density at radius 1 is 0.769 bits per heavy atom. The lowest BCUT2D eigenvalue weighted by Crippen LogP contribution is -2.22. The van der Waals surface area contributed by atoms with Gasteiger partial charge in [0.15, 0.2) is 0 Å². The molecule has 0 bridgehead atoms. The number of nitrogen functional groups attached to an aromatic ring is 1. The molecule has 3 rings (SSSR count). The standard InChI is InChI=1S/C21H23N3O2/c1-25-19-8-3-16(4-9-19)14-24(18-7-12-21(22)23-13-18)15-17-5-10-20(26-2)11-6-17/h3-13H,14-15H2,1-2H3,(H2,22,23). The Morgan fingerprint density at radius 3 is 1.65 bits per heavy atom. The minimum absolute atomic E-state index is 0.516. The van der Waals surface area contributed by atoms with Gasteiger partial charge in [-0.1, -0.05) is 24.3 Å². The maximum absolute atomic E-state index is 5.74. The summed E-state index contributed by atoms with van der Waals surface area (Å²) in [4.78, 5) is 6.49. The number of rotatable bonds is 7. The summed E-state index contributed by atoms with van der Waals surface area (Å²) in [5.74, 6) is 2.22. The Morgan fingerprint density at radius 2 is 1.27 bits per heavy atom. The highest BCUT2D eigenvalue weighted by atomic mass is 16.5. The summed E-state index contributed by atoms with van der Waals surface area (Å²) in [7, 11) is 3.34. The number of methoxy groups -OCH3 is 2. The highest BCUT2D eigenvalue weighted by Crippen LogP contribution is 2.22. The van der Waals surface area contributed by atoms with E-state index < -0.39 is 0 Å². The molecule has 1 aromatic heterocycles. The van der Waals surface area contributed by atoms with Gasteiger partial charge in [0.25, 0.3) is 0 Å². The van der Waals surface area contributed by atoms with Crippen LogP contribution in [0.2, 0.25) is 0 Å². The van der Waals surface area contributed by atoms with Gasteiger partial charge in [0.1, 0.15) is 17.3 Å². The van der Waals surface area contributed by atoms with Crippen LogP contribution >= 0.6 is 0 Å². The summed E-state index contributed by atoms with van der Waals surface area (Å²) in [6.07, 6.45) is 1.81. The molecule has 2 N–H and O–H groups in total. The zero-order chi connectivity index (χ0) is 18.4. The molecule has 0 atom stereocenters. The highest BCUT2D eigenvalue weighted by molar-refractivity contribution is 5.49. The number of pyridine rings is 1. The van der Waals surface area contributed by atoms with Crippen LogP contribution in [0.25, 0.3) is 0 Å². The largest absolute Gasteiger partial charge is 0.497 e. The van der Waals surface area contributed by atoms with E-state index in [0.717, 1.165) is 30.3 Å². The summed E-state index contributed by atoms with van der Waals surface area (Å²) in [6, 6.07) is 20.0. The minimum Gasteiger partial charge on any atom is -0.497 e. The molecule has 134 valence electrons. The lowest BCUT2D eigenvalue weighted by molar-refractivity contribution is 0.414. The van der Waals surface area contributed by atoms with E-state index in [-0.39, 0.29) is 0 Å². The second-order valence-electron chi connectivity index (χ2n) is 5.99. The summed E-state index contributed by atoms with van der Waals surface area (Å²) in [5.41, 5.74) is 9.14. The Balaban J connectivity index is 1.83. The first-order valence-electron chi connectivity index (χ1n) is 8.40. The van der Waals surface area contributed by atoms with Gasteiger partial charge in [-0.05, 0) is 47.5 Å². The van der Waals surface area contributed by atoms with E-state index in [1.165, 1.54) is 11.1 Å². The zero-order valence-corrected chi connectivity index (χ0v) is 15.1. The fraction of sp³-hybridized carbons (Fsp3) is 0.190. The molecule has 0 saturated carbocycles. The van der Waals surface area contributed by atoms with Crippen molar-refractivity contribution in [3.63, 3.8) is 0 Å². The number of nitrogens with zero attached hydrogens (tertiary/aromatic N) is 2. The first-order valence-corrected chi connectivity index (χ1v) is 8.40. The lowest BCUT2D eigenvalue weighted by atomic mass is 10.1. The lowest BCUT2D eigenvalue weighted by Gasteiger charge is -2.25. The van der Waals surface area contributed by atoms with Crippen LogP contribution in [0.3, 0.4) is 0 Å². The molecule has 3 aromatic rings. The fourth-order valence-electron chi connectivity index (χ4n) is 2.73. The third kappa shape index (κ3) is 4.45. The van der Waals surface area contributed by atoms with Gasteiger partial charge in [-0.3, -0.25) is 0 Å². The number of hydrogen-bond donors (Lipinski definition) is 1. The van der Waals surface area contributed by atoms with Crippen molar-refractivity contribution in [1.82, 2.24) is 4.98 Å². The van der Waals surface area contributed by atoms with Gasteiger partial charge in [-0.25, -0.2) is 4.98 Å². The summed E-state index contributed by atoms with van der Waals surface area (Å²) >= 11 is 0. The van der Waals surface area contributed by atoms with Crippen molar-refractivity contribution in [3.05, 3.63) is 78.0 Å². The Hall–Kier alpha value is -3.21. The number of benzene rings is 2. The van der Waals surface area contributed by atoms with Crippen LogP contribution in [0.1, 0.15) is 11.1 Å². The molecule has 0 fully saturated rings. The molecule has 0 aliphatic heterocycles. The van der Waals surface area contributed by atoms with E-state index in [0.29, 0.717) is 5.82 Å². The van der Waals surface area contributed by atoms with Gasteiger partial charge in [-0.15, -0.1) is 0 Å². The summed E-state index contributed by atoms with van der Waals surface area (Å²) in [6.45, 7) is 1.50. The number of anilines is 2. The molecule has 2 aromatic carbocycles. The van der Waals surface area contributed by atoms with Gasteiger partial charge in [0, 0.05) is 13.1 Å². The van der Waals surface area contributed by atoms with Gasteiger partial charge in [0.05, 0.1) is 26.1 Å². The third-order valence-corrected chi connectivity index (χ3v) is 4.20. The smallest absolute Gasteiger partial charge is 0.123 e. The molecule has 0 aliphatic carbocycles. The molecule has 1 heterocycles. The molecule has 0 unspecified atom stereocenters. The zero-order valence-electron chi connectivity index (χ0n) is 15.1. The van der Waals surface area contributed by atoms with E-state index in [1.807, 2.05) is 42.6 Å². The van der Waals surface area contributed by atoms with Crippen LogP contribution in [-0.4, -0.2) is 19.2 Å². The molecular formula is C21H23N3O2. The van der Waals surface area contributed by atoms with Gasteiger partial charge < -0.3 is 20.1 Å². The average Bonchev–Trinajstić information content (AvgIpc) is 2.69. The maximum Gasteiger partial charge on any atom is 0.123 e. The topological polar surface area (TPSA) is 60.6 Å². The van der Waals surface area contributed by atoms with Gasteiger partial charge >= 0.3 is 0 Å². The maximum atomic E-state index is 5.74. The molecule has 0 saturated heterocycles. The Kier molecular flexibility index (Phi) is 5.59. The average molecular weight is 349 g/mol. The Bertz CT molecular complexity index is 766. The van der Waals surface area contributed by atoms with Crippen LogP contribution in [-0.2, 0) is 13.1 Å². The minimum atomic E-state index is 0.516. The second-order valence-corrected chi connectivity index (χ2v) is 5.99. The predicted molar refractivity (Wildman–Crippen MR) is 105 cm³/mol. The molecule has 5 heteroatoms. The van der Waals surface area contributed by atoms with E-state index in [2.05, 4.69) is 34.1 Å². The summed E-state index contributed by atoms with van der Waals surface area (Å²) in [5, 5.41) is 0. The second kappa shape index (κ2) is 8.25. The van der Waals surface area contributed by atoms with Gasteiger partial charge in [-0.2, -0.15) is 0 Å². The van der Waals surface area contributed by atoms with Crippen molar-refractivity contribution in [1.29, 1.82) is 0 Å². The van der Waals surface area contributed by atoms with Crippen molar-refractivity contribution in [2.24, 2.45) is 0 Å². The Labute approximate surface area is 154 Å². The first kappa shape index (κ1) is 17.6. The monoisotopic (exact) mass is 349 g/mol. The van der Waals surface area contributed by atoms with Crippen molar-refractivity contribution in [2.45, 2.75) is 13.1 Å². The highest BCUT2D eigenvalue weighted by Gasteiger charge is 2.10. The normalized spacial score (nSPS) is 10.4. The van der Waals surface area contributed by atoms with Crippen molar-refractivity contribution in [2.75, 3.05) is 24.9 Å². The number of ether oxygens (including phenoxy) is 2. The molecule has 26 heavy (non-hydrogen) atoms. The predicted octanol–water partition coefficient (Wildman–Crippen LogP) is 3.89. The summed E-state index contributed by atoms with van der Waals surface area (Å²) < 4.78 is 10.5. The number of aromatic nitrogens is 1. The SMILES string of the molecule is COc1ccc(CN(Cc2ccc(OC)cc2)c2ccc(N)nc2)cc1. The van der Waals surface area contributed by atoms with Crippen molar-refractivity contribution < 1.29 is 9.47 Å². The molecule has 5 nitrogen and oxygen atoms in total. The van der Waals surface area contributed by atoms with Crippen molar-refractivity contribution in [3.8, 4) is 11.5 Å². The van der Waals surface area contributed by atoms with Crippen LogP contribution in [0, 0.1) is 0 Å². The third-order valence-electron chi connectivity index (χ3n) is 4.20. The fourth-order valence-corrected chi connectivity index (χ4v) is 2.73. The van der Waals surface area contributed by atoms with E-state index >= 15 is 0 Å². The van der Waals surface area contributed by atoms with Crippen LogP contribution < -0.4 is 20.1 Å². The van der Waals surface area contributed by atoms with E-state index in [9.17, 15) is 0 Å². The molecule has 0 aliphatic rings. The quantitative estimate of drug-likeness (QED) is 0.701. The molecule has 0 amide bonds. The van der Waals surface area contributed by atoms with Crippen LogP contribution in [0.4, 0.5) is 11.5 Å². The molecular weight excluding hydrogens is 326 g/mol. The first-order chi connectivity index (χ1) is 12.7. The van der Waals surface area contributed by atoms with E-state index in [1.54, 1.807) is 14.2 Å². The van der Waals surface area contributed by atoms with Crippen LogP contribution in [0.15, 0.2) is 66.9 Å². The number of nitrogens with two attached hydrogens (primary N) is 1. The van der Waals surface area contributed by atoms with Gasteiger partial charge in [0.2, 0.25) is 0 Å². The van der Waals surface area contributed by atoms with Crippen molar-refractivity contribution >= 4 is 11.5 Å². The molecule has 0 spiro atoms.